The Bertz CT molecular complexity index is 262. The van der Waals surface area contributed by atoms with Gasteiger partial charge < -0.3 is 9.64 Å². The van der Waals surface area contributed by atoms with Crippen LogP contribution in [0.1, 0.15) is 20.8 Å². The van der Waals surface area contributed by atoms with Crippen LogP contribution in [-0.4, -0.2) is 36.6 Å². The van der Waals surface area contributed by atoms with Crippen LogP contribution in [0, 0.1) is 17.8 Å². The Kier molecular flexibility index (Phi) is 3.97. The van der Waals surface area contributed by atoms with Crippen molar-refractivity contribution in [3.05, 3.63) is 0 Å². The van der Waals surface area contributed by atoms with Crippen LogP contribution in [0.4, 0.5) is 0 Å². The zero-order valence-corrected chi connectivity index (χ0v) is 9.04. The third kappa shape index (κ3) is 2.74. The van der Waals surface area contributed by atoms with Gasteiger partial charge in [0.1, 0.15) is 6.10 Å². The third-order valence-electron chi connectivity index (χ3n) is 2.18. The fraction of sp³-hybridized carbons (Fsp3) is 0.727. The number of carbonyl (C=O) groups is 1. The number of carbonyl (C=O) groups excluding carboxylic acids is 1. The molecule has 1 rings (SSSR count). The van der Waals surface area contributed by atoms with Crippen molar-refractivity contribution in [1.29, 1.82) is 0 Å². The standard InChI is InChI=1S/C11H17NO2/c1-4-5-10-8-12(6-7-14-10)11(13)9(2)3/h9-10H,6-8H2,1-3H3. The van der Waals surface area contributed by atoms with Gasteiger partial charge in [-0.25, -0.2) is 0 Å². The molecule has 78 valence electrons. The summed E-state index contributed by atoms with van der Waals surface area (Å²) in [6, 6.07) is 0. The number of hydrogen-bond donors (Lipinski definition) is 0. The maximum atomic E-state index is 11.7. The lowest BCUT2D eigenvalue weighted by molar-refractivity contribution is -0.140. The number of rotatable bonds is 1. The smallest absolute Gasteiger partial charge is 0.225 e. The fourth-order valence-corrected chi connectivity index (χ4v) is 1.46. The van der Waals surface area contributed by atoms with Crippen LogP contribution in [0.25, 0.3) is 0 Å². The summed E-state index contributed by atoms with van der Waals surface area (Å²) in [6.45, 7) is 7.51. The van der Waals surface area contributed by atoms with Crippen LogP contribution in [0.15, 0.2) is 0 Å². The molecule has 0 aromatic carbocycles. The number of amides is 1. The lowest BCUT2D eigenvalue weighted by atomic mass is 10.1. The molecule has 0 radical (unpaired) electrons. The van der Waals surface area contributed by atoms with Gasteiger partial charge in [0, 0.05) is 12.5 Å². The largest absolute Gasteiger partial charge is 0.362 e. The molecular weight excluding hydrogens is 178 g/mol. The van der Waals surface area contributed by atoms with E-state index in [4.69, 9.17) is 4.74 Å². The first-order valence-corrected chi connectivity index (χ1v) is 4.97. The zero-order valence-electron chi connectivity index (χ0n) is 9.04. The average molecular weight is 195 g/mol. The Morgan fingerprint density at radius 3 is 2.86 bits per heavy atom. The van der Waals surface area contributed by atoms with E-state index in [2.05, 4.69) is 11.8 Å². The van der Waals surface area contributed by atoms with Gasteiger partial charge in [0.2, 0.25) is 5.91 Å². The summed E-state index contributed by atoms with van der Waals surface area (Å²) in [4.78, 5) is 13.5. The van der Waals surface area contributed by atoms with Crippen molar-refractivity contribution in [2.75, 3.05) is 19.7 Å². The summed E-state index contributed by atoms with van der Waals surface area (Å²) >= 11 is 0. The lowest BCUT2D eigenvalue weighted by Gasteiger charge is -2.31. The number of hydrogen-bond acceptors (Lipinski definition) is 2. The van der Waals surface area contributed by atoms with Crippen LogP contribution < -0.4 is 0 Å². The first-order valence-electron chi connectivity index (χ1n) is 4.97. The summed E-state index contributed by atoms with van der Waals surface area (Å²) in [5, 5.41) is 0. The summed E-state index contributed by atoms with van der Waals surface area (Å²) in [5.41, 5.74) is 0. The van der Waals surface area contributed by atoms with Crippen LogP contribution in [0.3, 0.4) is 0 Å². The Balaban J connectivity index is 2.54. The minimum absolute atomic E-state index is 0.0586. The SMILES string of the molecule is CC#CC1CN(C(=O)C(C)C)CCO1. The Morgan fingerprint density at radius 2 is 2.29 bits per heavy atom. The molecule has 0 spiro atoms. The second-order valence-electron chi connectivity index (χ2n) is 3.69. The second-order valence-corrected chi connectivity index (χ2v) is 3.69. The highest BCUT2D eigenvalue weighted by molar-refractivity contribution is 5.78. The zero-order chi connectivity index (χ0) is 10.6. The van der Waals surface area contributed by atoms with E-state index >= 15 is 0 Å². The molecule has 0 N–H and O–H groups in total. The second kappa shape index (κ2) is 5.02. The predicted octanol–water partition coefficient (Wildman–Crippen LogP) is 0.893. The van der Waals surface area contributed by atoms with Crippen molar-refractivity contribution >= 4 is 5.91 Å². The molecule has 1 heterocycles. The fourth-order valence-electron chi connectivity index (χ4n) is 1.46. The quantitative estimate of drug-likeness (QED) is 0.582. The van der Waals surface area contributed by atoms with Crippen molar-refractivity contribution < 1.29 is 9.53 Å². The van der Waals surface area contributed by atoms with Gasteiger partial charge in [-0.15, -0.1) is 5.92 Å². The van der Waals surface area contributed by atoms with E-state index in [1.165, 1.54) is 0 Å². The molecule has 0 aromatic heterocycles. The minimum atomic E-state index is -0.101. The number of ether oxygens (including phenoxy) is 1. The summed E-state index contributed by atoms with van der Waals surface area (Å²) in [7, 11) is 0. The third-order valence-corrected chi connectivity index (χ3v) is 2.18. The van der Waals surface area contributed by atoms with E-state index in [1.54, 1.807) is 6.92 Å². The maximum Gasteiger partial charge on any atom is 0.225 e. The van der Waals surface area contributed by atoms with Crippen LogP contribution >= 0.6 is 0 Å². The first-order chi connectivity index (χ1) is 6.65. The van der Waals surface area contributed by atoms with Gasteiger partial charge in [0.25, 0.3) is 0 Å². The molecule has 0 bridgehead atoms. The van der Waals surface area contributed by atoms with Crippen LogP contribution in [-0.2, 0) is 9.53 Å². The molecule has 0 aliphatic carbocycles. The highest BCUT2D eigenvalue weighted by Crippen LogP contribution is 2.08. The van der Waals surface area contributed by atoms with E-state index in [0.717, 1.165) is 0 Å². The molecule has 3 heteroatoms. The van der Waals surface area contributed by atoms with Crippen LogP contribution in [0.5, 0.6) is 0 Å². The van der Waals surface area contributed by atoms with Crippen LogP contribution in [0.2, 0.25) is 0 Å². The molecule has 14 heavy (non-hydrogen) atoms. The summed E-state index contributed by atoms with van der Waals surface area (Å²) in [6.07, 6.45) is -0.101. The van der Waals surface area contributed by atoms with Gasteiger partial charge in [0.05, 0.1) is 13.2 Å². The van der Waals surface area contributed by atoms with Gasteiger partial charge in [0.15, 0.2) is 0 Å². The molecule has 1 aliphatic rings. The van der Waals surface area contributed by atoms with Crippen molar-refractivity contribution in [2.45, 2.75) is 26.9 Å². The van der Waals surface area contributed by atoms with Gasteiger partial charge in [-0.1, -0.05) is 19.8 Å². The number of morpholine rings is 1. The molecule has 1 aliphatic heterocycles. The summed E-state index contributed by atoms with van der Waals surface area (Å²) < 4.78 is 5.41. The van der Waals surface area contributed by atoms with Gasteiger partial charge in [-0.05, 0) is 6.92 Å². The normalized spacial score (nSPS) is 21.7. The lowest BCUT2D eigenvalue weighted by Crippen LogP contribution is -2.46. The molecule has 1 unspecified atom stereocenters. The highest BCUT2D eigenvalue weighted by Gasteiger charge is 2.24. The molecule has 3 nitrogen and oxygen atoms in total. The monoisotopic (exact) mass is 195 g/mol. The maximum absolute atomic E-state index is 11.7. The van der Waals surface area contributed by atoms with E-state index in [0.29, 0.717) is 19.7 Å². The minimum Gasteiger partial charge on any atom is -0.362 e. The molecule has 0 saturated carbocycles. The Labute approximate surface area is 85.4 Å². The molecule has 1 saturated heterocycles. The number of nitrogens with zero attached hydrogens (tertiary/aromatic N) is 1. The summed E-state index contributed by atoms with van der Waals surface area (Å²) in [5.74, 6) is 6.00. The highest BCUT2D eigenvalue weighted by atomic mass is 16.5. The van der Waals surface area contributed by atoms with Gasteiger partial charge >= 0.3 is 0 Å². The Hall–Kier alpha value is -1.01. The first kappa shape index (κ1) is 11.1. The Morgan fingerprint density at radius 1 is 1.57 bits per heavy atom. The average Bonchev–Trinajstić information content (AvgIpc) is 2.17. The van der Waals surface area contributed by atoms with Crippen molar-refractivity contribution in [2.24, 2.45) is 5.92 Å². The molecule has 1 atom stereocenters. The molecule has 1 fully saturated rings. The van der Waals surface area contributed by atoms with E-state index in [9.17, 15) is 4.79 Å². The van der Waals surface area contributed by atoms with E-state index in [1.807, 2.05) is 18.7 Å². The van der Waals surface area contributed by atoms with E-state index in [-0.39, 0.29) is 17.9 Å². The topological polar surface area (TPSA) is 29.5 Å². The van der Waals surface area contributed by atoms with E-state index < -0.39 is 0 Å². The van der Waals surface area contributed by atoms with Crippen molar-refractivity contribution in [3.8, 4) is 11.8 Å². The van der Waals surface area contributed by atoms with Gasteiger partial charge in [-0.2, -0.15) is 0 Å². The van der Waals surface area contributed by atoms with Crippen molar-refractivity contribution in [1.82, 2.24) is 4.90 Å². The van der Waals surface area contributed by atoms with Gasteiger partial charge in [-0.3, -0.25) is 4.79 Å². The molecule has 1 amide bonds. The molecule has 0 aromatic rings. The predicted molar refractivity (Wildman–Crippen MR) is 54.6 cm³/mol. The van der Waals surface area contributed by atoms with Crippen molar-refractivity contribution in [3.63, 3.8) is 0 Å². The molecular formula is C11H17NO2.